The average molecular weight is 242 g/mol. The van der Waals surface area contributed by atoms with Gasteiger partial charge in [0.15, 0.2) is 0 Å². The minimum absolute atomic E-state index is 0.492. The molecule has 0 N–H and O–H groups in total. The van der Waals surface area contributed by atoms with Crippen LogP contribution in [0.1, 0.15) is 24.6 Å². The van der Waals surface area contributed by atoms with Crippen LogP contribution in [0.5, 0.6) is 0 Å². The Balaban J connectivity index is 1.92. The van der Waals surface area contributed by atoms with Gasteiger partial charge in [-0.2, -0.15) is 0 Å². The second-order valence-corrected chi connectivity index (χ2v) is 5.00. The molecule has 0 aliphatic carbocycles. The lowest BCUT2D eigenvalue weighted by Gasteiger charge is -2.29. The number of benzene rings is 1. The van der Waals surface area contributed by atoms with E-state index in [1.165, 1.54) is 19.4 Å². The first kappa shape index (κ1) is 11.4. The van der Waals surface area contributed by atoms with Crippen LogP contribution in [0.2, 0.25) is 0 Å². The molecule has 2 aromatic rings. The highest BCUT2D eigenvalue weighted by molar-refractivity contribution is 5.32. The second kappa shape index (κ2) is 4.90. The maximum absolute atomic E-state index is 4.34. The van der Waals surface area contributed by atoms with Crippen molar-refractivity contribution >= 4 is 0 Å². The lowest BCUT2D eigenvalue weighted by molar-refractivity contribution is 0.244. The zero-order valence-corrected chi connectivity index (χ0v) is 10.7. The molecule has 0 saturated carbocycles. The molecule has 1 saturated heterocycles. The van der Waals surface area contributed by atoms with Crippen molar-refractivity contribution in [3.05, 3.63) is 42.5 Å². The van der Waals surface area contributed by atoms with Gasteiger partial charge in [0, 0.05) is 18.2 Å². The highest BCUT2D eigenvalue weighted by Crippen LogP contribution is 2.26. The molecule has 1 aromatic heterocycles. The van der Waals surface area contributed by atoms with Crippen molar-refractivity contribution < 1.29 is 0 Å². The molecule has 0 bridgehead atoms. The number of rotatable bonds is 2. The number of hydrogen-bond donors (Lipinski definition) is 0. The minimum atomic E-state index is 0.492. The summed E-state index contributed by atoms with van der Waals surface area (Å²) in [6.07, 6.45) is 4.26. The molecule has 94 valence electrons. The Morgan fingerprint density at radius 2 is 2.06 bits per heavy atom. The first-order valence-electron chi connectivity index (χ1n) is 6.48. The van der Waals surface area contributed by atoms with Gasteiger partial charge in [-0.1, -0.05) is 18.2 Å². The van der Waals surface area contributed by atoms with Crippen LogP contribution in [0.25, 0.3) is 5.69 Å². The topological polar surface area (TPSA) is 34.0 Å². The third-order valence-corrected chi connectivity index (χ3v) is 3.60. The summed E-state index contributed by atoms with van der Waals surface area (Å²) in [4.78, 5) is 2.37. The molecule has 0 radical (unpaired) electrons. The van der Waals surface area contributed by atoms with E-state index >= 15 is 0 Å². The van der Waals surface area contributed by atoms with Gasteiger partial charge in [-0.05, 0) is 38.6 Å². The second-order valence-electron chi connectivity index (χ2n) is 5.00. The zero-order valence-electron chi connectivity index (χ0n) is 10.7. The Morgan fingerprint density at radius 1 is 1.22 bits per heavy atom. The molecule has 0 unspecified atom stereocenters. The molecule has 1 fully saturated rings. The van der Waals surface area contributed by atoms with E-state index in [2.05, 4.69) is 38.8 Å². The van der Waals surface area contributed by atoms with Gasteiger partial charge < -0.3 is 4.90 Å². The fraction of sp³-hybridized carbons (Fsp3) is 0.429. The van der Waals surface area contributed by atoms with Crippen LogP contribution in [0, 0.1) is 0 Å². The maximum Gasteiger partial charge on any atom is 0.141 e. The Morgan fingerprint density at radius 3 is 2.83 bits per heavy atom. The Kier molecular flexibility index (Phi) is 3.11. The van der Waals surface area contributed by atoms with E-state index in [1.807, 2.05) is 24.5 Å². The summed E-state index contributed by atoms with van der Waals surface area (Å²) in [5.41, 5.74) is 1.14. The standard InChI is InChI=1S/C14H18N4/c1-17-9-5-6-12(10-17)14-16-15-11-18(14)13-7-3-2-4-8-13/h2-4,7-8,11-12H,5-6,9-10H2,1H3/t12-/m0/s1. The number of piperidine rings is 1. The van der Waals surface area contributed by atoms with Gasteiger partial charge in [0.05, 0.1) is 0 Å². The van der Waals surface area contributed by atoms with Crippen LogP contribution in [0.15, 0.2) is 36.7 Å². The number of likely N-dealkylation sites (tertiary alicyclic amines) is 1. The molecule has 1 aliphatic heterocycles. The normalized spacial score (nSPS) is 21.1. The number of para-hydroxylation sites is 1. The Labute approximate surface area is 107 Å². The third kappa shape index (κ3) is 2.16. The summed E-state index contributed by atoms with van der Waals surface area (Å²) >= 11 is 0. The largest absolute Gasteiger partial charge is 0.306 e. The van der Waals surface area contributed by atoms with E-state index < -0.39 is 0 Å². The average Bonchev–Trinajstić information content (AvgIpc) is 2.89. The molecular weight excluding hydrogens is 224 g/mol. The number of aromatic nitrogens is 3. The molecule has 1 aliphatic rings. The summed E-state index contributed by atoms with van der Waals surface area (Å²) in [5, 5.41) is 8.43. The quantitative estimate of drug-likeness (QED) is 0.808. The van der Waals surface area contributed by atoms with Crippen molar-refractivity contribution in [2.75, 3.05) is 20.1 Å². The van der Waals surface area contributed by atoms with Crippen LogP contribution in [0.4, 0.5) is 0 Å². The summed E-state index contributed by atoms with van der Waals surface area (Å²) in [6, 6.07) is 10.3. The van der Waals surface area contributed by atoms with Crippen molar-refractivity contribution in [3.63, 3.8) is 0 Å². The Bertz CT molecular complexity index is 506. The van der Waals surface area contributed by atoms with E-state index in [0.717, 1.165) is 18.1 Å². The minimum Gasteiger partial charge on any atom is -0.306 e. The van der Waals surface area contributed by atoms with Gasteiger partial charge >= 0.3 is 0 Å². The molecule has 2 heterocycles. The van der Waals surface area contributed by atoms with Crippen molar-refractivity contribution in [1.29, 1.82) is 0 Å². The highest BCUT2D eigenvalue weighted by Gasteiger charge is 2.23. The SMILES string of the molecule is CN1CCC[C@H](c2nncn2-c2ccccc2)C1. The van der Waals surface area contributed by atoms with E-state index in [0.29, 0.717) is 5.92 Å². The zero-order chi connectivity index (χ0) is 12.4. The van der Waals surface area contributed by atoms with Crippen LogP contribution in [0.3, 0.4) is 0 Å². The van der Waals surface area contributed by atoms with Crippen LogP contribution in [-0.2, 0) is 0 Å². The number of nitrogens with zero attached hydrogens (tertiary/aromatic N) is 4. The van der Waals surface area contributed by atoms with Crippen molar-refractivity contribution in [2.45, 2.75) is 18.8 Å². The predicted octanol–water partition coefficient (Wildman–Crippen LogP) is 2.08. The van der Waals surface area contributed by atoms with E-state index in [4.69, 9.17) is 0 Å². The number of likely N-dealkylation sites (N-methyl/N-ethyl adjacent to an activating group) is 1. The van der Waals surface area contributed by atoms with Gasteiger partial charge in [0.1, 0.15) is 12.2 Å². The van der Waals surface area contributed by atoms with E-state index in [9.17, 15) is 0 Å². The van der Waals surface area contributed by atoms with Crippen molar-refractivity contribution in [3.8, 4) is 5.69 Å². The molecule has 3 rings (SSSR count). The van der Waals surface area contributed by atoms with Crippen molar-refractivity contribution in [2.24, 2.45) is 0 Å². The van der Waals surface area contributed by atoms with Gasteiger partial charge in [-0.15, -0.1) is 10.2 Å². The molecule has 0 spiro atoms. The van der Waals surface area contributed by atoms with Gasteiger partial charge in [0.2, 0.25) is 0 Å². The summed E-state index contributed by atoms with van der Waals surface area (Å²) in [7, 11) is 2.18. The van der Waals surface area contributed by atoms with E-state index in [-0.39, 0.29) is 0 Å². The fourth-order valence-corrected chi connectivity index (χ4v) is 2.69. The van der Waals surface area contributed by atoms with Gasteiger partial charge in [-0.3, -0.25) is 4.57 Å². The monoisotopic (exact) mass is 242 g/mol. The molecule has 0 amide bonds. The fourth-order valence-electron chi connectivity index (χ4n) is 2.69. The van der Waals surface area contributed by atoms with Crippen LogP contribution in [-0.4, -0.2) is 39.8 Å². The summed E-state index contributed by atoms with van der Waals surface area (Å²) in [6.45, 7) is 2.27. The summed E-state index contributed by atoms with van der Waals surface area (Å²) < 4.78 is 2.11. The Hall–Kier alpha value is -1.68. The lowest BCUT2D eigenvalue weighted by atomic mass is 9.97. The van der Waals surface area contributed by atoms with Crippen molar-refractivity contribution in [1.82, 2.24) is 19.7 Å². The van der Waals surface area contributed by atoms with E-state index in [1.54, 1.807) is 0 Å². The van der Waals surface area contributed by atoms with Gasteiger partial charge in [0.25, 0.3) is 0 Å². The summed E-state index contributed by atoms with van der Waals surface area (Å²) in [5.74, 6) is 1.58. The smallest absolute Gasteiger partial charge is 0.141 e. The lowest BCUT2D eigenvalue weighted by Crippen LogP contribution is -2.32. The molecule has 4 heteroatoms. The molecular formula is C14H18N4. The predicted molar refractivity (Wildman–Crippen MR) is 70.8 cm³/mol. The maximum atomic E-state index is 4.34. The molecule has 1 atom stereocenters. The van der Waals surface area contributed by atoms with Crippen LogP contribution < -0.4 is 0 Å². The van der Waals surface area contributed by atoms with Crippen LogP contribution >= 0.6 is 0 Å². The highest BCUT2D eigenvalue weighted by atomic mass is 15.3. The third-order valence-electron chi connectivity index (χ3n) is 3.60. The first-order valence-corrected chi connectivity index (χ1v) is 6.48. The molecule has 1 aromatic carbocycles. The molecule has 4 nitrogen and oxygen atoms in total. The first-order chi connectivity index (χ1) is 8.84. The molecule has 18 heavy (non-hydrogen) atoms. The van der Waals surface area contributed by atoms with Gasteiger partial charge in [-0.25, -0.2) is 0 Å². The number of hydrogen-bond acceptors (Lipinski definition) is 3.